The Bertz CT molecular complexity index is 3050. The number of anilines is 9. The van der Waals surface area contributed by atoms with Crippen LogP contribution in [0.3, 0.4) is 0 Å². The van der Waals surface area contributed by atoms with Crippen LogP contribution in [0.1, 0.15) is 50.1 Å². The minimum Gasteiger partial charge on any atom is -0.310 e. The van der Waals surface area contributed by atoms with E-state index in [-0.39, 0.29) is 0 Å². The minimum atomic E-state index is 1.12. The van der Waals surface area contributed by atoms with Gasteiger partial charge in [0.2, 0.25) is 0 Å². The van der Waals surface area contributed by atoms with Crippen LogP contribution in [-0.2, 0) is 0 Å². The molecule has 3 nitrogen and oxygen atoms in total. The standard InChI is InChI=1S/C63H57N3/c1-40-10-19-49(20-11-40)64(61-31-16-43(4)34-46(61)7)52-25-28-55-58(37-52)56-29-26-53(65(50-21-12-41(2)13-22-50)62-32-17-44(5)35-47(62)8)39-60(56)57-30-27-54(38-59(55)57)66(51-23-14-42(3)15-24-51)63-33-18-45(6)36-48(63)9/h10-39H,1-9H3. The summed E-state index contributed by atoms with van der Waals surface area (Å²) in [5, 5.41) is 7.28. The molecule has 0 aliphatic carbocycles. The highest BCUT2D eigenvalue weighted by molar-refractivity contribution is 6.27. The number of hydrogen-bond acceptors (Lipinski definition) is 3. The zero-order valence-corrected chi connectivity index (χ0v) is 39.7. The minimum absolute atomic E-state index is 1.12. The lowest BCUT2D eigenvalue weighted by atomic mass is 9.92. The van der Waals surface area contributed by atoms with E-state index in [1.807, 2.05) is 0 Å². The molecule has 3 heteroatoms. The van der Waals surface area contributed by atoms with Crippen molar-refractivity contribution in [1.29, 1.82) is 0 Å². The van der Waals surface area contributed by atoms with Crippen LogP contribution >= 0.6 is 0 Å². The van der Waals surface area contributed by atoms with Crippen molar-refractivity contribution in [2.24, 2.45) is 0 Å². The van der Waals surface area contributed by atoms with Gasteiger partial charge < -0.3 is 14.7 Å². The monoisotopic (exact) mass is 855 g/mol. The molecule has 10 aromatic rings. The van der Waals surface area contributed by atoms with Crippen molar-refractivity contribution in [3.8, 4) is 0 Å². The van der Waals surface area contributed by atoms with Gasteiger partial charge in [-0.15, -0.1) is 0 Å². The van der Waals surface area contributed by atoms with E-state index in [9.17, 15) is 0 Å². The van der Waals surface area contributed by atoms with Crippen LogP contribution in [0.5, 0.6) is 0 Å². The predicted molar refractivity (Wildman–Crippen MR) is 286 cm³/mol. The Balaban J connectivity index is 1.27. The van der Waals surface area contributed by atoms with Gasteiger partial charge in [-0.05, 0) is 202 Å². The summed E-state index contributed by atoms with van der Waals surface area (Å²) in [4.78, 5) is 7.27. The molecule has 0 spiro atoms. The van der Waals surface area contributed by atoms with Crippen LogP contribution in [-0.4, -0.2) is 0 Å². The molecule has 0 aliphatic rings. The van der Waals surface area contributed by atoms with E-state index in [1.54, 1.807) is 0 Å². The van der Waals surface area contributed by atoms with Crippen molar-refractivity contribution < 1.29 is 0 Å². The average molecular weight is 856 g/mol. The third kappa shape index (κ3) is 7.85. The summed E-state index contributed by atoms with van der Waals surface area (Å²) >= 11 is 0. The lowest BCUT2D eigenvalue weighted by molar-refractivity contribution is 1.24. The number of benzene rings is 10. The van der Waals surface area contributed by atoms with Crippen molar-refractivity contribution in [2.45, 2.75) is 62.3 Å². The SMILES string of the molecule is Cc1ccc(N(c2ccc3c(c2)c2ccc(N(c4ccc(C)cc4)c4ccc(C)cc4C)cc2c2ccc(N(c4ccc(C)cc4)c4ccc(C)cc4C)cc32)c2ccc(C)cc2C)cc1. The molecular weight excluding hydrogens is 799 g/mol. The summed E-state index contributed by atoms with van der Waals surface area (Å²) < 4.78 is 0. The highest BCUT2D eigenvalue weighted by Crippen LogP contribution is 2.47. The number of rotatable bonds is 9. The Morgan fingerprint density at radius 1 is 0.197 bits per heavy atom. The molecule has 66 heavy (non-hydrogen) atoms. The first-order chi connectivity index (χ1) is 31.9. The largest absolute Gasteiger partial charge is 0.310 e. The van der Waals surface area contributed by atoms with Crippen molar-refractivity contribution in [3.05, 3.63) is 232 Å². The van der Waals surface area contributed by atoms with Crippen LogP contribution in [0.2, 0.25) is 0 Å². The number of aryl methyl sites for hydroxylation is 9. The summed E-state index contributed by atoms with van der Waals surface area (Å²) in [6.45, 7) is 19.6. The fourth-order valence-corrected chi connectivity index (χ4v) is 9.92. The molecule has 0 heterocycles. The molecule has 0 fully saturated rings. The molecule has 0 aliphatic heterocycles. The maximum absolute atomic E-state index is 2.42. The van der Waals surface area contributed by atoms with Crippen LogP contribution in [0.15, 0.2) is 182 Å². The fraction of sp³-hybridized carbons (Fsp3) is 0.143. The normalized spacial score (nSPS) is 11.4. The van der Waals surface area contributed by atoms with Crippen molar-refractivity contribution in [3.63, 3.8) is 0 Å². The smallest absolute Gasteiger partial charge is 0.0490 e. The van der Waals surface area contributed by atoms with Gasteiger partial charge in [0.15, 0.2) is 0 Å². The summed E-state index contributed by atoms with van der Waals surface area (Å²) in [6, 6.07) is 68.4. The van der Waals surface area contributed by atoms with Crippen LogP contribution < -0.4 is 14.7 Å². The van der Waals surface area contributed by atoms with Gasteiger partial charge in [0.25, 0.3) is 0 Å². The first-order valence-corrected chi connectivity index (χ1v) is 23.2. The Kier molecular flexibility index (Phi) is 10.9. The summed E-state index contributed by atoms with van der Waals surface area (Å²) in [7, 11) is 0. The molecule has 0 atom stereocenters. The molecule has 0 saturated heterocycles. The van der Waals surface area contributed by atoms with E-state index in [1.165, 1.54) is 99.5 Å². The van der Waals surface area contributed by atoms with E-state index in [0.717, 1.165) is 34.1 Å². The molecule has 0 amide bonds. The van der Waals surface area contributed by atoms with Gasteiger partial charge in [0, 0.05) is 51.2 Å². The fourth-order valence-electron chi connectivity index (χ4n) is 9.92. The number of fused-ring (bicyclic) bond motifs is 6. The van der Waals surface area contributed by atoms with Gasteiger partial charge in [0.05, 0.1) is 0 Å². The van der Waals surface area contributed by atoms with Crippen LogP contribution in [0.25, 0.3) is 32.3 Å². The third-order valence-electron chi connectivity index (χ3n) is 13.3. The maximum Gasteiger partial charge on any atom is 0.0490 e. The second kappa shape index (κ2) is 17.1. The molecule has 0 unspecified atom stereocenters. The summed E-state index contributed by atoms with van der Waals surface area (Å²) in [5.74, 6) is 0. The second-order valence-corrected chi connectivity index (χ2v) is 18.6. The lowest BCUT2D eigenvalue weighted by Crippen LogP contribution is -2.12. The molecule has 0 radical (unpaired) electrons. The third-order valence-corrected chi connectivity index (χ3v) is 13.3. The Hall–Kier alpha value is -7.62. The van der Waals surface area contributed by atoms with Crippen molar-refractivity contribution in [1.82, 2.24) is 0 Å². The average Bonchev–Trinajstić information content (AvgIpc) is 3.30. The Morgan fingerprint density at radius 3 is 0.667 bits per heavy atom. The maximum atomic E-state index is 2.42. The summed E-state index contributed by atoms with van der Waals surface area (Å²) in [5.41, 5.74) is 21.4. The topological polar surface area (TPSA) is 9.72 Å². The zero-order chi connectivity index (χ0) is 45.8. The van der Waals surface area contributed by atoms with E-state index >= 15 is 0 Å². The Labute approximate surface area is 390 Å². The van der Waals surface area contributed by atoms with Crippen LogP contribution in [0, 0.1) is 62.3 Å². The number of nitrogens with zero attached hydrogens (tertiary/aromatic N) is 3. The molecule has 324 valence electrons. The number of hydrogen-bond donors (Lipinski definition) is 0. The van der Waals surface area contributed by atoms with E-state index in [2.05, 4.69) is 259 Å². The molecule has 10 rings (SSSR count). The zero-order valence-electron chi connectivity index (χ0n) is 39.7. The van der Waals surface area contributed by atoms with Gasteiger partial charge in [-0.1, -0.05) is 124 Å². The van der Waals surface area contributed by atoms with E-state index in [0.29, 0.717) is 0 Å². The van der Waals surface area contributed by atoms with Gasteiger partial charge in [-0.25, -0.2) is 0 Å². The van der Waals surface area contributed by atoms with Crippen LogP contribution in [0.4, 0.5) is 51.2 Å². The highest BCUT2D eigenvalue weighted by atomic mass is 15.2. The summed E-state index contributed by atoms with van der Waals surface area (Å²) in [6.07, 6.45) is 0. The van der Waals surface area contributed by atoms with Gasteiger partial charge in [-0.2, -0.15) is 0 Å². The second-order valence-electron chi connectivity index (χ2n) is 18.6. The van der Waals surface area contributed by atoms with E-state index < -0.39 is 0 Å². The van der Waals surface area contributed by atoms with E-state index in [4.69, 9.17) is 0 Å². The quantitative estimate of drug-likeness (QED) is 0.134. The highest BCUT2D eigenvalue weighted by Gasteiger charge is 2.22. The van der Waals surface area contributed by atoms with Crippen molar-refractivity contribution >= 4 is 83.5 Å². The van der Waals surface area contributed by atoms with Gasteiger partial charge in [0.1, 0.15) is 0 Å². The first kappa shape index (κ1) is 42.3. The Morgan fingerprint density at radius 2 is 0.424 bits per heavy atom. The molecule has 0 saturated carbocycles. The van der Waals surface area contributed by atoms with Crippen molar-refractivity contribution in [2.75, 3.05) is 14.7 Å². The molecule has 0 aromatic heterocycles. The molecular formula is C63H57N3. The molecule has 10 aromatic carbocycles. The molecule has 0 N–H and O–H groups in total. The first-order valence-electron chi connectivity index (χ1n) is 23.2. The predicted octanol–water partition coefficient (Wildman–Crippen LogP) is 18.3. The molecule has 0 bridgehead atoms. The lowest BCUT2D eigenvalue weighted by Gasteiger charge is -2.29. The van der Waals surface area contributed by atoms with Gasteiger partial charge >= 0.3 is 0 Å². The van der Waals surface area contributed by atoms with Gasteiger partial charge in [-0.3, -0.25) is 0 Å².